The van der Waals surface area contributed by atoms with Crippen LogP contribution >= 0.6 is 0 Å². The van der Waals surface area contributed by atoms with Crippen molar-refractivity contribution in [2.45, 2.75) is 24.6 Å². The first-order chi connectivity index (χ1) is 12.9. The normalized spacial score (nSPS) is 20.4. The lowest BCUT2D eigenvalue weighted by molar-refractivity contribution is -0.275. The monoisotopic (exact) mass is 376 g/mol. The molecule has 0 aromatic heterocycles. The third-order valence-electron chi connectivity index (χ3n) is 5.67. The number of hydrogen-bond acceptors (Lipinski definition) is 3. The van der Waals surface area contributed by atoms with E-state index in [0.29, 0.717) is 12.8 Å². The molecule has 4 rings (SSSR count). The summed E-state index contributed by atoms with van der Waals surface area (Å²) in [4.78, 5) is 4.48. The Kier molecular flexibility index (Phi) is 4.54. The third-order valence-corrected chi connectivity index (χ3v) is 5.67. The van der Waals surface area contributed by atoms with E-state index in [-0.39, 0.29) is 5.56 Å². The van der Waals surface area contributed by atoms with Gasteiger partial charge in [0.15, 0.2) is 5.60 Å². The summed E-state index contributed by atoms with van der Waals surface area (Å²) in [7, 11) is 0. The number of benzene rings is 2. The maximum Gasteiger partial charge on any atom is 0.421 e. The van der Waals surface area contributed by atoms with Gasteiger partial charge >= 0.3 is 6.18 Å². The Bertz CT molecular complexity index is 766. The van der Waals surface area contributed by atoms with Crippen molar-refractivity contribution in [3.05, 3.63) is 60.2 Å². The molecule has 1 N–H and O–H groups in total. The molecule has 0 bridgehead atoms. The van der Waals surface area contributed by atoms with Gasteiger partial charge in [0.1, 0.15) is 0 Å². The van der Waals surface area contributed by atoms with E-state index in [4.69, 9.17) is 0 Å². The molecule has 0 radical (unpaired) electrons. The summed E-state index contributed by atoms with van der Waals surface area (Å²) < 4.78 is 40.4. The van der Waals surface area contributed by atoms with E-state index in [1.165, 1.54) is 17.8 Å². The van der Waals surface area contributed by atoms with Gasteiger partial charge < -0.3 is 14.9 Å². The number of nitrogens with zero attached hydrogens (tertiary/aromatic N) is 2. The minimum Gasteiger partial charge on any atom is -0.376 e. The van der Waals surface area contributed by atoms with Crippen LogP contribution in [0.3, 0.4) is 0 Å². The molecular weight excluding hydrogens is 353 g/mol. The predicted molar refractivity (Wildman–Crippen MR) is 100.0 cm³/mol. The van der Waals surface area contributed by atoms with Crippen LogP contribution < -0.4 is 9.80 Å². The highest BCUT2D eigenvalue weighted by atomic mass is 19.4. The van der Waals surface area contributed by atoms with Gasteiger partial charge in [-0.05, 0) is 42.7 Å². The number of rotatable bonds is 4. The molecule has 1 aliphatic carbocycles. The van der Waals surface area contributed by atoms with Crippen molar-refractivity contribution < 1.29 is 18.3 Å². The van der Waals surface area contributed by atoms with E-state index in [1.807, 2.05) is 18.2 Å². The lowest BCUT2D eigenvalue weighted by Crippen LogP contribution is -2.46. The molecule has 1 saturated heterocycles. The van der Waals surface area contributed by atoms with Gasteiger partial charge in [0.05, 0.1) is 0 Å². The van der Waals surface area contributed by atoms with Gasteiger partial charge in [0, 0.05) is 43.5 Å². The number of alkyl halides is 3. The summed E-state index contributed by atoms with van der Waals surface area (Å²) in [5.74, 6) is -0.724. The topological polar surface area (TPSA) is 26.7 Å². The number of anilines is 2. The fraction of sp³-hybridized carbons (Fsp3) is 0.429. The average molecular weight is 376 g/mol. The highest BCUT2D eigenvalue weighted by Gasteiger charge is 2.62. The van der Waals surface area contributed by atoms with Crippen molar-refractivity contribution >= 4 is 11.4 Å². The minimum absolute atomic E-state index is 0.0517. The van der Waals surface area contributed by atoms with Crippen molar-refractivity contribution in [3.63, 3.8) is 0 Å². The number of halogens is 3. The first kappa shape index (κ1) is 18.2. The standard InChI is InChI=1S/C21H23F3N2O/c22-21(23,24)20(27,16-6-7-16)17-8-10-19(11-9-17)26-14-12-25(13-15-26)18-4-2-1-3-5-18/h1-5,8-11,16,27H,6-7,12-15H2/t20-/m0/s1. The molecule has 2 aromatic rings. The molecule has 0 amide bonds. The molecule has 1 saturated carbocycles. The zero-order chi connectivity index (χ0) is 19.1. The van der Waals surface area contributed by atoms with E-state index in [1.54, 1.807) is 12.1 Å². The third kappa shape index (κ3) is 3.38. The van der Waals surface area contributed by atoms with E-state index >= 15 is 0 Å². The largest absolute Gasteiger partial charge is 0.421 e. The van der Waals surface area contributed by atoms with Crippen molar-refractivity contribution in [1.29, 1.82) is 0 Å². The van der Waals surface area contributed by atoms with Crippen LogP contribution in [0.4, 0.5) is 24.5 Å². The summed E-state index contributed by atoms with van der Waals surface area (Å²) >= 11 is 0. The smallest absolute Gasteiger partial charge is 0.376 e. The molecule has 1 aliphatic heterocycles. The second-order valence-corrected chi connectivity index (χ2v) is 7.39. The Hall–Kier alpha value is -2.21. The number of aliphatic hydroxyl groups is 1. The molecule has 3 nitrogen and oxygen atoms in total. The molecule has 2 aliphatic rings. The Balaban J connectivity index is 1.46. The first-order valence-electron chi connectivity index (χ1n) is 9.34. The number of piperazine rings is 1. The molecule has 144 valence electrons. The molecule has 2 fully saturated rings. The van der Waals surface area contributed by atoms with E-state index < -0.39 is 17.7 Å². The number of para-hydroxylation sites is 1. The van der Waals surface area contributed by atoms with Crippen LogP contribution in [0.25, 0.3) is 0 Å². The molecule has 27 heavy (non-hydrogen) atoms. The maximum absolute atomic E-state index is 13.5. The fourth-order valence-electron chi connectivity index (χ4n) is 3.92. The Morgan fingerprint density at radius 2 is 1.22 bits per heavy atom. The maximum atomic E-state index is 13.5. The molecule has 6 heteroatoms. The van der Waals surface area contributed by atoms with E-state index in [2.05, 4.69) is 21.9 Å². The zero-order valence-corrected chi connectivity index (χ0v) is 15.0. The Morgan fingerprint density at radius 3 is 1.67 bits per heavy atom. The van der Waals surface area contributed by atoms with E-state index in [9.17, 15) is 18.3 Å². The first-order valence-corrected chi connectivity index (χ1v) is 9.34. The summed E-state index contributed by atoms with van der Waals surface area (Å²) in [6.07, 6.45) is -3.82. The van der Waals surface area contributed by atoms with Gasteiger partial charge in [-0.15, -0.1) is 0 Å². The minimum atomic E-state index is -4.66. The van der Waals surface area contributed by atoms with Crippen molar-refractivity contribution in [2.75, 3.05) is 36.0 Å². The second kappa shape index (κ2) is 6.75. The van der Waals surface area contributed by atoms with Crippen LogP contribution in [-0.2, 0) is 5.60 Å². The zero-order valence-electron chi connectivity index (χ0n) is 15.0. The van der Waals surface area contributed by atoms with Crippen molar-refractivity contribution in [2.24, 2.45) is 5.92 Å². The van der Waals surface area contributed by atoms with Gasteiger partial charge in [-0.25, -0.2) is 0 Å². The summed E-state index contributed by atoms with van der Waals surface area (Å²) in [6, 6.07) is 16.5. The predicted octanol–water partition coefficient (Wildman–Crippen LogP) is 4.17. The van der Waals surface area contributed by atoms with E-state index in [0.717, 1.165) is 31.9 Å². The number of hydrogen-bond donors (Lipinski definition) is 1. The Labute approximate surface area is 157 Å². The highest BCUT2D eigenvalue weighted by molar-refractivity contribution is 5.52. The van der Waals surface area contributed by atoms with Crippen LogP contribution in [0, 0.1) is 5.92 Å². The SMILES string of the molecule is O[C@](c1ccc(N2CCN(c3ccccc3)CC2)cc1)(C1CC1)C(F)(F)F. The quantitative estimate of drug-likeness (QED) is 0.868. The molecule has 2 aromatic carbocycles. The molecule has 0 unspecified atom stereocenters. The van der Waals surface area contributed by atoms with Crippen LogP contribution in [0.1, 0.15) is 18.4 Å². The molecule has 1 atom stereocenters. The van der Waals surface area contributed by atoms with Crippen molar-refractivity contribution in [1.82, 2.24) is 0 Å². The molecule has 0 spiro atoms. The highest BCUT2D eigenvalue weighted by Crippen LogP contribution is 2.54. The average Bonchev–Trinajstić information content (AvgIpc) is 3.53. The molecule has 1 heterocycles. The summed E-state index contributed by atoms with van der Waals surface area (Å²) in [6.45, 7) is 3.33. The second-order valence-electron chi connectivity index (χ2n) is 7.39. The van der Waals surface area contributed by atoms with Crippen LogP contribution in [0.2, 0.25) is 0 Å². The van der Waals surface area contributed by atoms with Gasteiger partial charge in [-0.3, -0.25) is 0 Å². The van der Waals surface area contributed by atoms with Crippen molar-refractivity contribution in [3.8, 4) is 0 Å². The Morgan fingerprint density at radius 1 is 0.741 bits per heavy atom. The van der Waals surface area contributed by atoms with Crippen LogP contribution in [0.15, 0.2) is 54.6 Å². The fourth-order valence-corrected chi connectivity index (χ4v) is 3.92. The van der Waals surface area contributed by atoms with Gasteiger partial charge in [0.25, 0.3) is 0 Å². The van der Waals surface area contributed by atoms with Crippen LogP contribution in [-0.4, -0.2) is 37.5 Å². The van der Waals surface area contributed by atoms with Gasteiger partial charge in [0.2, 0.25) is 0 Å². The lowest BCUT2D eigenvalue weighted by Gasteiger charge is -2.37. The molecular formula is C21H23F3N2O. The summed E-state index contributed by atoms with van der Waals surface area (Å²) in [5.41, 5.74) is -0.694. The summed E-state index contributed by atoms with van der Waals surface area (Å²) in [5, 5.41) is 10.4. The van der Waals surface area contributed by atoms with Crippen LogP contribution in [0.5, 0.6) is 0 Å². The van der Waals surface area contributed by atoms with Gasteiger partial charge in [-0.1, -0.05) is 30.3 Å². The lowest BCUT2D eigenvalue weighted by atomic mass is 9.88. The van der Waals surface area contributed by atoms with Gasteiger partial charge in [-0.2, -0.15) is 13.2 Å².